The summed E-state index contributed by atoms with van der Waals surface area (Å²) >= 11 is 0. The Morgan fingerprint density at radius 3 is 2.79 bits per heavy atom. The van der Waals surface area contributed by atoms with E-state index in [4.69, 9.17) is 0 Å². The van der Waals surface area contributed by atoms with Gasteiger partial charge in [0.15, 0.2) is 0 Å². The highest BCUT2D eigenvalue weighted by atomic mass is 16.3. The zero-order valence-corrected chi connectivity index (χ0v) is 8.83. The van der Waals surface area contributed by atoms with Crippen LogP contribution < -0.4 is 0 Å². The molecule has 0 aliphatic heterocycles. The summed E-state index contributed by atoms with van der Waals surface area (Å²) in [5.74, 6) is 0.367. The zero-order valence-electron chi connectivity index (χ0n) is 8.83. The Bertz CT molecular complexity index is 320. The van der Waals surface area contributed by atoms with Crippen molar-refractivity contribution < 1.29 is 5.11 Å². The lowest BCUT2D eigenvalue weighted by Crippen LogP contribution is -2.13. The number of rotatable bonds is 4. The van der Waals surface area contributed by atoms with Crippen molar-refractivity contribution in [3.8, 4) is 5.75 Å². The first-order valence-corrected chi connectivity index (χ1v) is 4.75. The van der Waals surface area contributed by atoms with E-state index < -0.39 is 0 Å². The summed E-state index contributed by atoms with van der Waals surface area (Å²) in [5, 5.41) is 9.34. The molecule has 1 aromatic rings. The summed E-state index contributed by atoms with van der Waals surface area (Å²) in [5.41, 5.74) is 2.18. The first kappa shape index (κ1) is 10.6. The van der Waals surface area contributed by atoms with Crippen LogP contribution in [0.15, 0.2) is 31.0 Å². The molecule has 0 amide bonds. The molecule has 0 aliphatic carbocycles. The van der Waals surface area contributed by atoms with Gasteiger partial charge < -0.3 is 10.0 Å². The molecule has 0 bridgehead atoms. The largest absolute Gasteiger partial charge is 0.508 e. The Morgan fingerprint density at radius 2 is 2.21 bits per heavy atom. The van der Waals surface area contributed by atoms with Gasteiger partial charge >= 0.3 is 0 Å². The van der Waals surface area contributed by atoms with Gasteiger partial charge in [-0.1, -0.05) is 18.7 Å². The Morgan fingerprint density at radius 1 is 1.50 bits per heavy atom. The first-order valence-electron chi connectivity index (χ1n) is 4.75. The summed E-state index contributed by atoms with van der Waals surface area (Å²) in [7, 11) is 2.00. The van der Waals surface area contributed by atoms with Crippen molar-refractivity contribution in [1.82, 2.24) is 4.90 Å². The van der Waals surface area contributed by atoms with E-state index in [2.05, 4.69) is 6.58 Å². The van der Waals surface area contributed by atoms with E-state index in [9.17, 15) is 5.11 Å². The maximum atomic E-state index is 9.34. The predicted octanol–water partition coefficient (Wildman–Crippen LogP) is 2.32. The molecule has 1 aromatic carbocycles. The second kappa shape index (κ2) is 4.70. The van der Waals surface area contributed by atoms with Gasteiger partial charge in [0.1, 0.15) is 5.75 Å². The van der Waals surface area contributed by atoms with Crippen LogP contribution in [0.5, 0.6) is 5.75 Å². The Kier molecular flexibility index (Phi) is 3.57. The van der Waals surface area contributed by atoms with Crippen molar-refractivity contribution in [3.05, 3.63) is 42.1 Å². The van der Waals surface area contributed by atoms with Gasteiger partial charge in [-0.25, -0.2) is 0 Å². The van der Waals surface area contributed by atoms with Crippen LogP contribution in [0, 0.1) is 6.92 Å². The fourth-order valence-electron chi connectivity index (χ4n) is 1.27. The van der Waals surface area contributed by atoms with E-state index in [1.807, 2.05) is 37.2 Å². The van der Waals surface area contributed by atoms with Gasteiger partial charge in [0.2, 0.25) is 0 Å². The van der Waals surface area contributed by atoms with E-state index >= 15 is 0 Å². The Hall–Kier alpha value is -1.44. The predicted molar refractivity (Wildman–Crippen MR) is 59.4 cm³/mol. The van der Waals surface area contributed by atoms with Crippen LogP contribution in [0.25, 0.3) is 0 Å². The summed E-state index contributed by atoms with van der Waals surface area (Å²) in [6, 6.07) is 5.73. The van der Waals surface area contributed by atoms with Crippen LogP contribution in [0.1, 0.15) is 11.1 Å². The lowest BCUT2D eigenvalue weighted by molar-refractivity contribution is 0.459. The Balaban J connectivity index is 2.59. The fourth-order valence-corrected chi connectivity index (χ4v) is 1.27. The number of nitrogens with zero attached hydrogens (tertiary/aromatic N) is 1. The summed E-state index contributed by atoms with van der Waals surface area (Å²) < 4.78 is 0. The van der Waals surface area contributed by atoms with E-state index in [-0.39, 0.29) is 0 Å². The molecular formula is C12H17NO. The summed E-state index contributed by atoms with van der Waals surface area (Å²) in [6.07, 6.45) is 2.79. The van der Waals surface area contributed by atoms with Gasteiger partial charge in [0.25, 0.3) is 0 Å². The fraction of sp³-hybridized carbons (Fsp3) is 0.333. The quantitative estimate of drug-likeness (QED) is 0.789. The van der Waals surface area contributed by atoms with Crippen molar-refractivity contribution in [2.24, 2.45) is 0 Å². The highest BCUT2D eigenvalue weighted by Crippen LogP contribution is 2.17. The van der Waals surface area contributed by atoms with Crippen LogP contribution in [0.2, 0.25) is 0 Å². The molecule has 2 nitrogen and oxygen atoms in total. The highest BCUT2D eigenvalue weighted by molar-refractivity contribution is 5.35. The van der Waals surface area contributed by atoms with Gasteiger partial charge in [0.05, 0.1) is 0 Å². The van der Waals surface area contributed by atoms with E-state index in [1.54, 1.807) is 6.07 Å². The number of benzene rings is 1. The number of hydrogen-bond donors (Lipinski definition) is 1. The molecule has 14 heavy (non-hydrogen) atoms. The minimum Gasteiger partial charge on any atom is -0.508 e. The SMILES string of the molecule is C=CN(C)CCc1ccc(O)c(C)c1. The van der Waals surface area contributed by atoms with Gasteiger partial charge in [-0.15, -0.1) is 0 Å². The van der Waals surface area contributed by atoms with E-state index in [0.29, 0.717) is 5.75 Å². The van der Waals surface area contributed by atoms with Crippen LogP contribution >= 0.6 is 0 Å². The molecule has 0 heterocycles. The second-order valence-corrected chi connectivity index (χ2v) is 3.53. The standard InChI is InChI=1S/C12H17NO/c1-4-13(3)8-7-11-5-6-12(14)10(2)9-11/h4-6,9,14H,1,7-8H2,2-3H3. The van der Waals surface area contributed by atoms with Crippen LogP contribution in [-0.4, -0.2) is 23.6 Å². The molecule has 0 aromatic heterocycles. The maximum absolute atomic E-state index is 9.34. The molecule has 0 fully saturated rings. The number of likely N-dealkylation sites (N-methyl/N-ethyl adjacent to an activating group) is 1. The third kappa shape index (κ3) is 2.80. The molecule has 1 N–H and O–H groups in total. The Labute approximate surface area is 85.5 Å². The summed E-state index contributed by atoms with van der Waals surface area (Å²) in [6.45, 7) is 6.56. The minimum absolute atomic E-state index is 0.367. The zero-order chi connectivity index (χ0) is 10.6. The monoisotopic (exact) mass is 191 g/mol. The van der Waals surface area contributed by atoms with Crippen LogP contribution in [-0.2, 0) is 6.42 Å². The molecule has 0 spiro atoms. The number of hydrogen-bond acceptors (Lipinski definition) is 2. The molecule has 1 rings (SSSR count). The summed E-state index contributed by atoms with van der Waals surface area (Å²) in [4.78, 5) is 2.04. The van der Waals surface area contributed by atoms with Crippen molar-refractivity contribution in [2.75, 3.05) is 13.6 Å². The topological polar surface area (TPSA) is 23.5 Å². The molecule has 0 saturated carbocycles. The maximum Gasteiger partial charge on any atom is 0.118 e. The average Bonchev–Trinajstić information content (AvgIpc) is 2.19. The van der Waals surface area contributed by atoms with E-state index in [0.717, 1.165) is 18.5 Å². The van der Waals surface area contributed by atoms with Crippen molar-refractivity contribution in [3.63, 3.8) is 0 Å². The van der Waals surface area contributed by atoms with Crippen LogP contribution in [0.3, 0.4) is 0 Å². The molecule has 0 saturated heterocycles. The average molecular weight is 191 g/mol. The first-order chi connectivity index (χ1) is 6.63. The number of aromatic hydroxyl groups is 1. The molecule has 2 heteroatoms. The second-order valence-electron chi connectivity index (χ2n) is 3.53. The molecule has 0 unspecified atom stereocenters. The minimum atomic E-state index is 0.367. The lowest BCUT2D eigenvalue weighted by atomic mass is 10.1. The molecule has 76 valence electrons. The van der Waals surface area contributed by atoms with Gasteiger partial charge in [-0.2, -0.15) is 0 Å². The number of aryl methyl sites for hydroxylation is 1. The molecule has 0 aliphatic rings. The van der Waals surface area contributed by atoms with Gasteiger partial charge in [0, 0.05) is 13.6 Å². The van der Waals surface area contributed by atoms with Crippen molar-refractivity contribution >= 4 is 0 Å². The lowest BCUT2D eigenvalue weighted by Gasteiger charge is -2.13. The third-order valence-electron chi connectivity index (χ3n) is 2.33. The van der Waals surface area contributed by atoms with Crippen molar-refractivity contribution in [2.45, 2.75) is 13.3 Å². The number of phenolic OH excluding ortho intramolecular Hbond substituents is 1. The van der Waals surface area contributed by atoms with Crippen LogP contribution in [0.4, 0.5) is 0 Å². The van der Waals surface area contributed by atoms with E-state index in [1.165, 1.54) is 5.56 Å². The smallest absolute Gasteiger partial charge is 0.118 e. The van der Waals surface area contributed by atoms with Gasteiger partial charge in [-0.05, 0) is 36.7 Å². The molecule has 0 radical (unpaired) electrons. The highest BCUT2D eigenvalue weighted by Gasteiger charge is 1.98. The normalized spacial score (nSPS) is 9.86. The van der Waals surface area contributed by atoms with Gasteiger partial charge in [-0.3, -0.25) is 0 Å². The molecule has 0 atom stereocenters. The third-order valence-corrected chi connectivity index (χ3v) is 2.33. The number of phenols is 1. The molecular weight excluding hydrogens is 174 g/mol. The van der Waals surface area contributed by atoms with Crippen molar-refractivity contribution in [1.29, 1.82) is 0 Å².